The maximum absolute atomic E-state index is 12.8. The average Bonchev–Trinajstić information content (AvgIpc) is 2.73. The molecule has 28 heavy (non-hydrogen) atoms. The molecular weight excluding hydrogens is 374 g/mol. The van der Waals surface area contributed by atoms with Crippen molar-refractivity contribution in [1.82, 2.24) is 9.80 Å². The minimum Gasteiger partial charge on any atom is -0.485 e. The van der Waals surface area contributed by atoms with Crippen LogP contribution in [-0.2, 0) is 4.79 Å². The topological polar surface area (TPSA) is 54.0 Å². The Kier molecular flexibility index (Phi) is 5.34. The number of fused-ring (bicyclic) bond motifs is 1. The number of amides is 1. The predicted octanol–water partition coefficient (Wildman–Crippen LogP) is 2.68. The third kappa shape index (κ3) is 4.04. The SMILES string of the molecule is Cc1cccc(NC(=S)N2CCN(C(=O)[C@H]3COc4ccccc4O3)CC2)c1. The van der Waals surface area contributed by atoms with Crippen LogP contribution in [0.15, 0.2) is 48.5 Å². The fraction of sp³-hybridized carbons (Fsp3) is 0.333. The lowest BCUT2D eigenvalue weighted by Gasteiger charge is -2.38. The number of benzene rings is 2. The number of carbonyl (C=O) groups is 1. The van der Waals surface area contributed by atoms with Crippen LogP contribution < -0.4 is 14.8 Å². The van der Waals surface area contributed by atoms with E-state index in [0.29, 0.717) is 42.8 Å². The van der Waals surface area contributed by atoms with Gasteiger partial charge in [-0.05, 0) is 49.0 Å². The quantitative estimate of drug-likeness (QED) is 0.787. The third-order valence-corrected chi connectivity index (χ3v) is 5.29. The van der Waals surface area contributed by atoms with Crippen LogP contribution in [0.1, 0.15) is 5.56 Å². The highest BCUT2D eigenvalue weighted by Gasteiger charge is 2.33. The van der Waals surface area contributed by atoms with Crippen LogP contribution in [0.2, 0.25) is 0 Å². The molecule has 6 nitrogen and oxygen atoms in total. The second-order valence-corrected chi connectivity index (χ2v) is 7.36. The zero-order chi connectivity index (χ0) is 19.5. The van der Waals surface area contributed by atoms with E-state index >= 15 is 0 Å². The molecule has 1 saturated heterocycles. The summed E-state index contributed by atoms with van der Waals surface area (Å²) in [6.45, 7) is 4.88. The Balaban J connectivity index is 1.30. The Morgan fingerprint density at radius 2 is 1.75 bits per heavy atom. The van der Waals surface area contributed by atoms with E-state index in [4.69, 9.17) is 21.7 Å². The summed E-state index contributed by atoms with van der Waals surface area (Å²) < 4.78 is 11.5. The second kappa shape index (κ2) is 8.06. The van der Waals surface area contributed by atoms with Crippen molar-refractivity contribution < 1.29 is 14.3 Å². The maximum Gasteiger partial charge on any atom is 0.267 e. The number of para-hydroxylation sites is 2. The normalized spacial score (nSPS) is 18.5. The number of nitrogens with zero attached hydrogens (tertiary/aromatic N) is 2. The van der Waals surface area contributed by atoms with E-state index in [0.717, 1.165) is 5.69 Å². The number of carbonyl (C=O) groups excluding carboxylic acids is 1. The number of hydrogen-bond donors (Lipinski definition) is 1. The molecule has 2 aromatic rings. The van der Waals surface area contributed by atoms with E-state index in [-0.39, 0.29) is 12.5 Å². The van der Waals surface area contributed by atoms with Crippen LogP contribution in [-0.4, -0.2) is 59.7 Å². The summed E-state index contributed by atoms with van der Waals surface area (Å²) in [6, 6.07) is 15.5. The van der Waals surface area contributed by atoms with Gasteiger partial charge < -0.3 is 24.6 Å². The first kappa shape index (κ1) is 18.6. The molecule has 7 heteroatoms. The highest BCUT2D eigenvalue weighted by molar-refractivity contribution is 7.80. The van der Waals surface area contributed by atoms with Gasteiger partial charge in [0.1, 0.15) is 6.61 Å². The van der Waals surface area contributed by atoms with E-state index in [9.17, 15) is 4.79 Å². The lowest BCUT2D eigenvalue weighted by Crippen LogP contribution is -2.55. The second-order valence-electron chi connectivity index (χ2n) is 6.98. The van der Waals surface area contributed by atoms with Crippen LogP contribution in [0.4, 0.5) is 5.69 Å². The summed E-state index contributed by atoms with van der Waals surface area (Å²) in [6.07, 6.45) is -0.598. The molecule has 1 N–H and O–H groups in total. The molecular formula is C21H23N3O3S. The molecule has 146 valence electrons. The molecule has 0 bridgehead atoms. The fourth-order valence-corrected chi connectivity index (χ4v) is 3.70. The van der Waals surface area contributed by atoms with Gasteiger partial charge in [0.25, 0.3) is 5.91 Å². The minimum atomic E-state index is -0.598. The van der Waals surface area contributed by atoms with Gasteiger partial charge in [-0.15, -0.1) is 0 Å². The Labute approximate surface area is 170 Å². The molecule has 0 saturated carbocycles. The third-order valence-electron chi connectivity index (χ3n) is 4.93. The summed E-state index contributed by atoms with van der Waals surface area (Å²) in [5, 5.41) is 3.96. The van der Waals surface area contributed by atoms with Gasteiger partial charge in [0.2, 0.25) is 6.10 Å². The van der Waals surface area contributed by atoms with Crippen molar-refractivity contribution in [1.29, 1.82) is 0 Å². The van der Waals surface area contributed by atoms with Crippen LogP contribution in [0.5, 0.6) is 11.5 Å². The standard InChI is InChI=1S/C21H23N3O3S/c1-15-5-4-6-16(13-15)22-21(28)24-11-9-23(10-12-24)20(25)19-14-26-17-7-2-3-8-18(17)27-19/h2-8,13,19H,9-12,14H2,1H3,(H,22,28)/t19-/m1/s1. The smallest absolute Gasteiger partial charge is 0.267 e. The number of piperazine rings is 1. The summed E-state index contributed by atoms with van der Waals surface area (Å²) in [5.41, 5.74) is 2.16. The molecule has 0 aromatic heterocycles. The van der Waals surface area contributed by atoms with Gasteiger partial charge in [-0.1, -0.05) is 24.3 Å². The largest absolute Gasteiger partial charge is 0.485 e. The van der Waals surface area contributed by atoms with Gasteiger partial charge in [0, 0.05) is 31.9 Å². The maximum atomic E-state index is 12.8. The summed E-state index contributed by atoms with van der Waals surface area (Å²) >= 11 is 5.54. The summed E-state index contributed by atoms with van der Waals surface area (Å²) in [4.78, 5) is 16.7. The number of anilines is 1. The molecule has 0 aliphatic carbocycles. The van der Waals surface area contributed by atoms with E-state index in [1.165, 1.54) is 5.56 Å². The lowest BCUT2D eigenvalue weighted by atomic mass is 10.2. The van der Waals surface area contributed by atoms with Crippen molar-refractivity contribution in [2.24, 2.45) is 0 Å². The first-order valence-corrected chi connectivity index (χ1v) is 9.81. The molecule has 2 aliphatic heterocycles. The molecule has 0 spiro atoms. The zero-order valence-electron chi connectivity index (χ0n) is 15.8. The van der Waals surface area contributed by atoms with Gasteiger partial charge in [0.05, 0.1) is 0 Å². The average molecular weight is 398 g/mol. The van der Waals surface area contributed by atoms with Crippen LogP contribution in [0.3, 0.4) is 0 Å². The molecule has 4 rings (SSSR count). The van der Waals surface area contributed by atoms with Crippen molar-refractivity contribution in [3.8, 4) is 11.5 Å². The molecule has 1 fully saturated rings. The van der Waals surface area contributed by atoms with Crippen molar-refractivity contribution in [2.45, 2.75) is 13.0 Å². The predicted molar refractivity (Wildman–Crippen MR) is 112 cm³/mol. The van der Waals surface area contributed by atoms with Crippen molar-refractivity contribution in [3.05, 3.63) is 54.1 Å². The molecule has 0 unspecified atom stereocenters. The molecule has 2 aromatic carbocycles. The number of nitrogens with one attached hydrogen (secondary N) is 1. The van der Waals surface area contributed by atoms with Gasteiger partial charge >= 0.3 is 0 Å². The lowest BCUT2D eigenvalue weighted by molar-refractivity contribution is -0.142. The Morgan fingerprint density at radius 1 is 1.04 bits per heavy atom. The Hall–Kier alpha value is -2.80. The molecule has 2 aliphatic rings. The zero-order valence-corrected chi connectivity index (χ0v) is 16.6. The number of hydrogen-bond acceptors (Lipinski definition) is 4. The fourth-order valence-electron chi connectivity index (χ4n) is 3.40. The first-order valence-electron chi connectivity index (χ1n) is 9.40. The van der Waals surface area contributed by atoms with E-state index < -0.39 is 6.10 Å². The van der Waals surface area contributed by atoms with E-state index in [1.807, 2.05) is 54.3 Å². The Bertz CT molecular complexity index is 881. The summed E-state index contributed by atoms with van der Waals surface area (Å²) in [5.74, 6) is 1.27. The minimum absolute atomic E-state index is 0.0354. The first-order chi connectivity index (χ1) is 13.6. The number of aryl methyl sites for hydroxylation is 1. The van der Waals surface area contributed by atoms with Gasteiger partial charge in [-0.2, -0.15) is 0 Å². The Morgan fingerprint density at radius 3 is 2.50 bits per heavy atom. The summed E-state index contributed by atoms with van der Waals surface area (Å²) in [7, 11) is 0. The van der Waals surface area contributed by atoms with E-state index in [1.54, 1.807) is 0 Å². The number of rotatable bonds is 2. The molecule has 1 atom stereocenters. The van der Waals surface area contributed by atoms with Crippen LogP contribution in [0.25, 0.3) is 0 Å². The van der Waals surface area contributed by atoms with Crippen molar-refractivity contribution in [2.75, 3.05) is 38.1 Å². The molecule has 0 radical (unpaired) electrons. The number of ether oxygens (including phenoxy) is 2. The van der Waals surface area contributed by atoms with Crippen molar-refractivity contribution >= 4 is 28.9 Å². The van der Waals surface area contributed by atoms with Crippen molar-refractivity contribution in [3.63, 3.8) is 0 Å². The monoisotopic (exact) mass is 397 g/mol. The van der Waals surface area contributed by atoms with Gasteiger partial charge in [-0.25, -0.2) is 0 Å². The van der Waals surface area contributed by atoms with Gasteiger partial charge in [0.15, 0.2) is 16.6 Å². The number of thiocarbonyl (C=S) groups is 1. The highest BCUT2D eigenvalue weighted by Crippen LogP contribution is 2.31. The molecule has 1 amide bonds. The highest BCUT2D eigenvalue weighted by atomic mass is 32.1. The van der Waals surface area contributed by atoms with Crippen LogP contribution >= 0.6 is 12.2 Å². The molecule has 2 heterocycles. The van der Waals surface area contributed by atoms with Crippen LogP contribution in [0, 0.1) is 6.92 Å². The van der Waals surface area contributed by atoms with Gasteiger partial charge in [-0.3, -0.25) is 4.79 Å². The van der Waals surface area contributed by atoms with E-state index in [2.05, 4.69) is 16.3 Å².